The average molecular weight is 208 g/mol. The molecule has 0 radical (unpaired) electrons. The number of rotatable bonds is 3. The Bertz CT molecular complexity index is 337. The monoisotopic (exact) mass is 208 g/mol. The molecule has 0 bridgehead atoms. The molecule has 3 rings (SSSR count). The maximum Gasteiger partial charge on any atom is 0.183 e. The Morgan fingerprint density at radius 1 is 1.29 bits per heavy atom. The Kier molecular flexibility index (Phi) is 2.01. The van der Waals surface area contributed by atoms with E-state index in [-0.39, 0.29) is 0 Å². The molecular weight excluding hydrogens is 192 g/mol. The van der Waals surface area contributed by atoms with Gasteiger partial charge in [-0.15, -0.1) is 11.3 Å². The van der Waals surface area contributed by atoms with Gasteiger partial charge < -0.3 is 5.32 Å². The SMILES string of the molecule is Cc1sc(NC2CC2)nc1C1CCC1. The Labute approximate surface area is 88.7 Å². The topological polar surface area (TPSA) is 24.9 Å². The van der Waals surface area contributed by atoms with E-state index >= 15 is 0 Å². The van der Waals surface area contributed by atoms with Crippen molar-refractivity contribution in [3.05, 3.63) is 10.6 Å². The van der Waals surface area contributed by atoms with Gasteiger partial charge in [0, 0.05) is 16.8 Å². The van der Waals surface area contributed by atoms with Crippen molar-refractivity contribution in [2.24, 2.45) is 0 Å². The molecule has 2 aliphatic rings. The minimum atomic E-state index is 0.731. The van der Waals surface area contributed by atoms with E-state index in [2.05, 4.69) is 12.2 Å². The minimum Gasteiger partial charge on any atom is -0.359 e. The summed E-state index contributed by atoms with van der Waals surface area (Å²) >= 11 is 1.84. The van der Waals surface area contributed by atoms with Gasteiger partial charge in [0.25, 0.3) is 0 Å². The summed E-state index contributed by atoms with van der Waals surface area (Å²) in [5.74, 6) is 0.779. The summed E-state index contributed by atoms with van der Waals surface area (Å²) in [6, 6.07) is 0.731. The van der Waals surface area contributed by atoms with Gasteiger partial charge in [-0.3, -0.25) is 0 Å². The summed E-state index contributed by atoms with van der Waals surface area (Å²) in [5, 5.41) is 4.65. The van der Waals surface area contributed by atoms with Crippen LogP contribution in [0.25, 0.3) is 0 Å². The highest BCUT2D eigenvalue weighted by molar-refractivity contribution is 7.15. The number of aromatic nitrogens is 1. The zero-order chi connectivity index (χ0) is 9.54. The van der Waals surface area contributed by atoms with E-state index in [9.17, 15) is 0 Å². The quantitative estimate of drug-likeness (QED) is 0.824. The van der Waals surface area contributed by atoms with Crippen molar-refractivity contribution < 1.29 is 0 Å². The number of thiazole rings is 1. The highest BCUT2D eigenvalue weighted by atomic mass is 32.1. The molecule has 0 saturated heterocycles. The van der Waals surface area contributed by atoms with Gasteiger partial charge in [0.15, 0.2) is 5.13 Å². The number of nitrogens with zero attached hydrogens (tertiary/aromatic N) is 1. The first-order valence-corrected chi connectivity index (χ1v) is 6.38. The van der Waals surface area contributed by atoms with Crippen LogP contribution in [-0.2, 0) is 0 Å². The summed E-state index contributed by atoms with van der Waals surface area (Å²) in [6.07, 6.45) is 6.77. The molecule has 2 nitrogen and oxygen atoms in total. The summed E-state index contributed by atoms with van der Waals surface area (Å²) in [5.41, 5.74) is 1.38. The maximum absolute atomic E-state index is 4.72. The number of hydrogen-bond acceptors (Lipinski definition) is 3. The Morgan fingerprint density at radius 3 is 2.64 bits per heavy atom. The molecule has 14 heavy (non-hydrogen) atoms. The van der Waals surface area contributed by atoms with Gasteiger partial charge in [-0.2, -0.15) is 0 Å². The predicted octanol–water partition coefficient (Wildman–Crippen LogP) is 3.29. The summed E-state index contributed by atoms with van der Waals surface area (Å²) in [7, 11) is 0. The van der Waals surface area contributed by atoms with Gasteiger partial charge in [0.1, 0.15) is 0 Å². The van der Waals surface area contributed by atoms with Gasteiger partial charge in [-0.05, 0) is 32.6 Å². The molecule has 76 valence electrons. The van der Waals surface area contributed by atoms with Gasteiger partial charge in [0.05, 0.1) is 5.69 Å². The largest absolute Gasteiger partial charge is 0.359 e. The average Bonchev–Trinajstić information content (AvgIpc) is 2.77. The Morgan fingerprint density at radius 2 is 2.07 bits per heavy atom. The number of nitrogens with one attached hydrogen (secondary N) is 1. The van der Waals surface area contributed by atoms with E-state index in [0.717, 1.165) is 17.1 Å². The fourth-order valence-corrected chi connectivity index (χ4v) is 2.91. The normalized spacial score (nSPS) is 22.1. The molecule has 0 spiro atoms. The van der Waals surface area contributed by atoms with Gasteiger partial charge in [-0.25, -0.2) is 4.98 Å². The molecule has 1 aromatic rings. The predicted molar refractivity (Wildman–Crippen MR) is 60.1 cm³/mol. The van der Waals surface area contributed by atoms with Gasteiger partial charge in [-0.1, -0.05) is 6.42 Å². The fourth-order valence-electron chi connectivity index (χ4n) is 1.93. The Hall–Kier alpha value is -0.570. The second-order valence-corrected chi connectivity index (χ2v) is 5.71. The molecule has 0 unspecified atom stereocenters. The van der Waals surface area contributed by atoms with Crippen LogP contribution in [0, 0.1) is 6.92 Å². The van der Waals surface area contributed by atoms with Gasteiger partial charge >= 0.3 is 0 Å². The van der Waals surface area contributed by atoms with Crippen molar-refractivity contribution in [2.45, 2.75) is 51.0 Å². The Balaban J connectivity index is 1.77. The van der Waals surface area contributed by atoms with Crippen molar-refractivity contribution in [2.75, 3.05) is 5.32 Å². The second-order valence-electron chi connectivity index (χ2n) is 4.51. The van der Waals surface area contributed by atoms with Crippen LogP contribution < -0.4 is 5.32 Å². The van der Waals surface area contributed by atoms with Crippen LogP contribution in [0.5, 0.6) is 0 Å². The lowest BCUT2D eigenvalue weighted by Crippen LogP contribution is -2.10. The molecule has 0 amide bonds. The lowest BCUT2D eigenvalue weighted by molar-refractivity contribution is 0.411. The molecule has 0 aliphatic heterocycles. The first kappa shape index (κ1) is 8.72. The molecule has 2 saturated carbocycles. The minimum absolute atomic E-state index is 0.731. The van der Waals surface area contributed by atoms with Crippen LogP contribution in [-0.4, -0.2) is 11.0 Å². The van der Waals surface area contributed by atoms with Crippen LogP contribution in [0.15, 0.2) is 0 Å². The smallest absolute Gasteiger partial charge is 0.183 e. The van der Waals surface area contributed by atoms with Crippen LogP contribution in [0.3, 0.4) is 0 Å². The summed E-state index contributed by atoms with van der Waals surface area (Å²) < 4.78 is 0. The lowest BCUT2D eigenvalue weighted by atomic mass is 9.83. The third-order valence-electron chi connectivity index (χ3n) is 3.23. The van der Waals surface area contributed by atoms with Crippen molar-refractivity contribution in [3.8, 4) is 0 Å². The lowest BCUT2D eigenvalue weighted by Gasteiger charge is -2.23. The molecule has 1 heterocycles. The fraction of sp³-hybridized carbons (Fsp3) is 0.727. The van der Waals surface area contributed by atoms with Crippen molar-refractivity contribution >= 4 is 16.5 Å². The number of hydrogen-bond donors (Lipinski definition) is 1. The third kappa shape index (κ3) is 1.54. The standard InChI is InChI=1S/C11H16N2S/c1-7-10(8-3-2-4-8)13-11(14-7)12-9-5-6-9/h8-9H,2-6H2,1H3,(H,12,13). The zero-order valence-electron chi connectivity index (χ0n) is 8.55. The zero-order valence-corrected chi connectivity index (χ0v) is 9.36. The van der Waals surface area contributed by atoms with E-state index in [4.69, 9.17) is 4.98 Å². The van der Waals surface area contributed by atoms with E-state index < -0.39 is 0 Å². The van der Waals surface area contributed by atoms with E-state index in [1.165, 1.54) is 42.7 Å². The third-order valence-corrected chi connectivity index (χ3v) is 4.15. The molecular formula is C11H16N2S. The van der Waals surface area contributed by atoms with Crippen molar-refractivity contribution in [1.82, 2.24) is 4.98 Å². The van der Waals surface area contributed by atoms with Crippen molar-refractivity contribution in [1.29, 1.82) is 0 Å². The highest BCUT2D eigenvalue weighted by Gasteiger charge is 2.26. The first-order valence-electron chi connectivity index (χ1n) is 5.57. The van der Waals surface area contributed by atoms with Crippen LogP contribution in [0.1, 0.15) is 48.6 Å². The summed E-state index contributed by atoms with van der Waals surface area (Å²) in [6.45, 7) is 2.21. The second kappa shape index (κ2) is 3.23. The first-order chi connectivity index (χ1) is 6.83. The summed E-state index contributed by atoms with van der Waals surface area (Å²) in [4.78, 5) is 6.15. The van der Waals surface area contributed by atoms with Crippen LogP contribution >= 0.6 is 11.3 Å². The van der Waals surface area contributed by atoms with Crippen molar-refractivity contribution in [3.63, 3.8) is 0 Å². The van der Waals surface area contributed by atoms with Crippen LogP contribution in [0.4, 0.5) is 5.13 Å². The number of anilines is 1. The molecule has 2 fully saturated rings. The molecule has 0 atom stereocenters. The van der Waals surface area contributed by atoms with Crippen LogP contribution in [0.2, 0.25) is 0 Å². The van der Waals surface area contributed by atoms with E-state index in [1.807, 2.05) is 11.3 Å². The highest BCUT2D eigenvalue weighted by Crippen LogP contribution is 2.40. The maximum atomic E-state index is 4.72. The van der Waals surface area contributed by atoms with Gasteiger partial charge in [0.2, 0.25) is 0 Å². The molecule has 0 aromatic carbocycles. The molecule has 3 heteroatoms. The molecule has 1 N–H and O–H groups in total. The molecule has 2 aliphatic carbocycles. The number of aryl methyl sites for hydroxylation is 1. The molecule has 1 aromatic heterocycles. The van der Waals surface area contributed by atoms with E-state index in [1.54, 1.807) is 0 Å². The van der Waals surface area contributed by atoms with E-state index in [0.29, 0.717) is 0 Å².